The molecule has 0 spiro atoms. The largest absolute Gasteiger partial charge is 0.296 e. The van der Waals surface area contributed by atoms with Gasteiger partial charge >= 0.3 is 0 Å². The molecule has 0 aliphatic heterocycles. The van der Waals surface area contributed by atoms with Crippen LogP contribution in [0.25, 0.3) is 0 Å². The maximum absolute atomic E-state index is 14.1. The minimum atomic E-state index is -3.03. The normalized spacial score (nSPS) is 11.9. The predicted octanol–water partition coefficient (Wildman–Crippen LogP) is 4.50. The van der Waals surface area contributed by atoms with Crippen LogP contribution in [0.4, 0.5) is 0 Å². The van der Waals surface area contributed by atoms with Crippen LogP contribution < -0.4 is 15.7 Å². The minimum absolute atomic E-state index is 0.269. The molecular formula is C24H22NOP. The lowest BCUT2D eigenvalue weighted by Crippen LogP contribution is -2.34. The fourth-order valence-electron chi connectivity index (χ4n) is 2.80. The summed E-state index contributed by atoms with van der Waals surface area (Å²) in [7, 11) is -3.03. The van der Waals surface area contributed by atoms with Gasteiger partial charge in [0.1, 0.15) is 0 Å². The first-order valence-corrected chi connectivity index (χ1v) is 10.6. The Morgan fingerprint density at radius 3 is 1.81 bits per heavy atom. The molecule has 134 valence electrons. The Morgan fingerprint density at radius 2 is 1.33 bits per heavy atom. The average Bonchev–Trinajstić information content (AvgIpc) is 2.74. The Kier molecular flexibility index (Phi) is 6.44. The van der Waals surface area contributed by atoms with Crippen molar-refractivity contribution in [1.29, 1.82) is 0 Å². The van der Waals surface area contributed by atoms with E-state index in [-0.39, 0.29) is 6.04 Å². The summed E-state index contributed by atoms with van der Waals surface area (Å²) in [6.07, 6.45) is 2.40. The molecule has 0 aliphatic rings. The first-order chi connectivity index (χ1) is 13.2. The van der Waals surface area contributed by atoms with Crippen LogP contribution in [-0.4, -0.2) is 6.04 Å². The van der Waals surface area contributed by atoms with E-state index in [0.717, 1.165) is 16.2 Å². The summed E-state index contributed by atoms with van der Waals surface area (Å²) in [5, 5.41) is 4.89. The lowest BCUT2D eigenvalue weighted by Gasteiger charge is -2.23. The van der Waals surface area contributed by atoms with Gasteiger partial charge in [-0.1, -0.05) is 72.5 Å². The van der Waals surface area contributed by atoms with Crippen molar-refractivity contribution >= 4 is 17.9 Å². The third-order valence-corrected chi connectivity index (χ3v) is 6.87. The Hall–Kier alpha value is -2.85. The first kappa shape index (κ1) is 18.9. The van der Waals surface area contributed by atoms with E-state index in [4.69, 9.17) is 0 Å². The highest BCUT2D eigenvalue weighted by atomic mass is 31.2. The fraction of sp³-hybridized carbons (Fsp3) is 0.0833. The summed E-state index contributed by atoms with van der Waals surface area (Å²) < 4.78 is 14.1. The molecule has 1 unspecified atom stereocenters. The van der Waals surface area contributed by atoms with E-state index in [0.29, 0.717) is 6.42 Å². The molecule has 0 amide bonds. The van der Waals surface area contributed by atoms with Crippen molar-refractivity contribution < 1.29 is 4.57 Å². The second kappa shape index (κ2) is 9.19. The number of hydrogen-bond acceptors (Lipinski definition) is 1. The van der Waals surface area contributed by atoms with Crippen molar-refractivity contribution in [2.24, 2.45) is 0 Å². The molecule has 3 heteroatoms. The summed E-state index contributed by atoms with van der Waals surface area (Å²) >= 11 is 0. The quantitative estimate of drug-likeness (QED) is 0.393. The molecule has 3 rings (SSSR count). The predicted molar refractivity (Wildman–Crippen MR) is 115 cm³/mol. The molecule has 0 saturated heterocycles. The maximum Gasteiger partial charge on any atom is 0.205 e. The highest BCUT2D eigenvalue weighted by Gasteiger charge is 2.29. The highest BCUT2D eigenvalue weighted by Crippen LogP contribution is 2.39. The van der Waals surface area contributed by atoms with Crippen molar-refractivity contribution in [3.8, 4) is 11.8 Å². The molecule has 0 radical (unpaired) electrons. The van der Waals surface area contributed by atoms with Crippen LogP contribution in [0.3, 0.4) is 0 Å². The van der Waals surface area contributed by atoms with Crippen molar-refractivity contribution in [1.82, 2.24) is 5.09 Å². The van der Waals surface area contributed by atoms with Gasteiger partial charge in [-0.05, 0) is 42.8 Å². The molecule has 0 heterocycles. The minimum Gasteiger partial charge on any atom is -0.296 e. The Balaban J connectivity index is 1.98. The number of nitrogens with one attached hydrogen (secondary N) is 1. The van der Waals surface area contributed by atoms with Gasteiger partial charge in [0, 0.05) is 16.2 Å². The zero-order valence-corrected chi connectivity index (χ0v) is 16.0. The van der Waals surface area contributed by atoms with Crippen LogP contribution >= 0.6 is 7.29 Å². The van der Waals surface area contributed by atoms with Crippen molar-refractivity contribution in [2.75, 3.05) is 0 Å². The molecule has 0 bridgehead atoms. The summed E-state index contributed by atoms with van der Waals surface area (Å²) in [4.78, 5) is 0. The number of benzene rings is 3. The van der Waals surface area contributed by atoms with Crippen molar-refractivity contribution in [3.05, 3.63) is 109 Å². The standard InChI is InChI=1S/C24H22NOP/c1-2-12-22(20-19-21-13-6-3-7-14-21)25-27(26,23-15-8-4-9-16-23)24-17-10-5-11-18-24/h2-11,13-18,22H,1,12H2,(H,25,26). The summed E-state index contributed by atoms with van der Waals surface area (Å²) in [6, 6.07) is 28.6. The molecule has 0 aromatic heterocycles. The SMILES string of the molecule is C=CCC(C#Cc1ccccc1)NP(=O)(c1ccccc1)c1ccccc1. The molecule has 27 heavy (non-hydrogen) atoms. The van der Waals surface area contributed by atoms with Gasteiger partial charge in [0.15, 0.2) is 0 Å². The molecule has 1 atom stereocenters. The molecule has 0 fully saturated rings. The molecule has 3 aromatic carbocycles. The fourth-order valence-corrected chi connectivity index (χ4v) is 5.19. The second-order valence-corrected chi connectivity index (χ2v) is 8.63. The average molecular weight is 371 g/mol. The molecule has 0 aliphatic carbocycles. The van der Waals surface area contributed by atoms with E-state index in [1.54, 1.807) is 6.08 Å². The summed E-state index contributed by atoms with van der Waals surface area (Å²) in [6.45, 7) is 3.83. The first-order valence-electron chi connectivity index (χ1n) is 8.89. The van der Waals surface area contributed by atoms with Crippen LogP contribution in [0.1, 0.15) is 12.0 Å². The van der Waals surface area contributed by atoms with Crippen molar-refractivity contribution in [2.45, 2.75) is 12.5 Å². The molecule has 0 saturated carbocycles. The van der Waals surface area contributed by atoms with E-state index >= 15 is 0 Å². The van der Waals surface area contributed by atoms with Crippen LogP contribution in [0.2, 0.25) is 0 Å². The Morgan fingerprint density at radius 1 is 0.852 bits per heavy atom. The Labute approximate surface area is 161 Å². The lowest BCUT2D eigenvalue weighted by atomic mass is 10.2. The third kappa shape index (κ3) is 4.86. The number of hydrogen-bond donors (Lipinski definition) is 1. The van der Waals surface area contributed by atoms with Gasteiger partial charge in [-0.15, -0.1) is 6.58 Å². The van der Waals surface area contributed by atoms with Gasteiger partial charge in [-0.2, -0.15) is 0 Å². The smallest absolute Gasteiger partial charge is 0.205 e. The van der Waals surface area contributed by atoms with Crippen molar-refractivity contribution in [3.63, 3.8) is 0 Å². The van der Waals surface area contributed by atoms with E-state index < -0.39 is 7.29 Å². The Bertz CT molecular complexity index is 929. The van der Waals surface area contributed by atoms with Gasteiger partial charge in [-0.3, -0.25) is 4.57 Å². The molecule has 3 aromatic rings. The summed E-state index contributed by atoms with van der Waals surface area (Å²) in [5.41, 5.74) is 0.933. The van der Waals surface area contributed by atoms with Crippen LogP contribution in [-0.2, 0) is 4.57 Å². The van der Waals surface area contributed by atoms with Gasteiger partial charge in [0.2, 0.25) is 7.29 Å². The molecule has 2 nitrogen and oxygen atoms in total. The van der Waals surface area contributed by atoms with Crippen LogP contribution in [0, 0.1) is 11.8 Å². The van der Waals surface area contributed by atoms with E-state index in [9.17, 15) is 4.57 Å². The highest BCUT2D eigenvalue weighted by molar-refractivity contribution is 7.76. The summed E-state index contributed by atoms with van der Waals surface area (Å²) in [5.74, 6) is 6.40. The van der Waals surface area contributed by atoms with E-state index in [2.05, 4.69) is 23.5 Å². The van der Waals surface area contributed by atoms with Crippen LogP contribution in [0.15, 0.2) is 104 Å². The van der Waals surface area contributed by atoms with Crippen LogP contribution in [0.5, 0.6) is 0 Å². The molecule has 1 N–H and O–H groups in total. The lowest BCUT2D eigenvalue weighted by molar-refractivity contribution is 0.573. The van der Waals surface area contributed by atoms with Gasteiger partial charge in [-0.25, -0.2) is 5.09 Å². The van der Waals surface area contributed by atoms with Gasteiger partial charge in [0.25, 0.3) is 0 Å². The third-order valence-electron chi connectivity index (χ3n) is 4.14. The number of rotatable bonds is 6. The second-order valence-electron chi connectivity index (χ2n) is 6.12. The van der Waals surface area contributed by atoms with E-state index in [1.807, 2.05) is 91.0 Å². The topological polar surface area (TPSA) is 29.1 Å². The zero-order valence-electron chi connectivity index (χ0n) is 15.1. The van der Waals surface area contributed by atoms with E-state index in [1.165, 1.54) is 0 Å². The van der Waals surface area contributed by atoms with Gasteiger partial charge < -0.3 is 0 Å². The maximum atomic E-state index is 14.1. The zero-order chi connectivity index (χ0) is 19.0. The van der Waals surface area contributed by atoms with Gasteiger partial charge in [0.05, 0.1) is 6.04 Å². The monoisotopic (exact) mass is 371 g/mol. The molecular weight excluding hydrogens is 349 g/mol.